The zero-order chi connectivity index (χ0) is 11.2. The average Bonchev–Trinajstić information content (AvgIpc) is 2.38. The van der Waals surface area contributed by atoms with E-state index in [9.17, 15) is 0 Å². The van der Waals surface area contributed by atoms with Crippen molar-refractivity contribution in [2.24, 2.45) is 0 Å². The first-order valence-corrected chi connectivity index (χ1v) is 5.52. The SMILES string of the molecule is N#C/C(=C\N1CCNCC1)c1ccccc1. The quantitative estimate of drug-likeness (QED) is 0.756. The lowest BCUT2D eigenvalue weighted by Gasteiger charge is -2.26. The molecule has 0 amide bonds. The van der Waals surface area contributed by atoms with Gasteiger partial charge in [-0.2, -0.15) is 5.26 Å². The van der Waals surface area contributed by atoms with Gasteiger partial charge >= 0.3 is 0 Å². The lowest BCUT2D eigenvalue weighted by molar-refractivity contribution is 0.325. The summed E-state index contributed by atoms with van der Waals surface area (Å²) in [5.41, 5.74) is 1.73. The maximum atomic E-state index is 9.15. The van der Waals surface area contributed by atoms with Gasteiger partial charge < -0.3 is 10.2 Å². The summed E-state index contributed by atoms with van der Waals surface area (Å²) >= 11 is 0. The number of piperazine rings is 1. The Balaban J connectivity index is 2.16. The molecule has 0 unspecified atom stereocenters. The van der Waals surface area contributed by atoms with E-state index in [1.54, 1.807) is 0 Å². The molecule has 1 aliphatic heterocycles. The number of nitrogens with one attached hydrogen (secondary N) is 1. The predicted molar refractivity (Wildman–Crippen MR) is 64.5 cm³/mol. The Labute approximate surface area is 96.0 Å². The minimum atomic E-state index is 0.738. The summed E-state index contributed by atoms with van der Waals surface area (Å²) in [5.74, 6) is 0. The van der Waals surface area contributed by atoms with Crippen LogP contribution in [0.5, 0.6) is 0 Å². The molecule has 2 rings (SSSR count). The number of nitriles is 1. The van der Waals surface area contributed by atoms with E-state index >= 15 is 0 Å². The molecule has 1 aliphatic rings. The van der Waals surface area contributed by atoms with E-state index in [4.69, 9.17) is 5.26 Å². The van der Waals surface area contributed by atoms with Gasteiger partial charge in [0.05, 0.1) is 5.57 Å². The molecular weight excluding hydrogens is 198 g/mol. The molecule has 0 aliphatic carbocycles. The zero-order valence-corrected chi connectivity index (χ0v) is 9.19. The minimum absolute atomic E-state index is 0.738. The van der Waals surface area contributed by atoms with Crippen LogP contribution in [-0.2, 0) is 0 Å². The largest absolute Gasteiger partial charge is 0.374 e. The summed E-state index contributed by atoms with van der Waals surface area (Å²) in [5, 5.41) is 12.4. The normalized spacial score (nSPS) is 16.9. The molecule has 1 fully saturated rings. The number of hydrogen-bond donors (Lipinski definition) is 1. The molecule has 0 radical (unpaired) electrons. The zero-order valence-electron chi connectivity index (χ0n) is 9.19. The van der Waals surface area contributed by atoms with Crippen molar-refractivity contribution in [3.63, 3.8) is 0 Å². The van der Waals surface area contributed by atoms with Crippen LogP contribution >= 0.6 is 0 Å². The Morgan fingerprint density at radius 1 is 1.25 bits per heavy atom. The van der Waals surface area contributed by atoms with Crippen LogP contribution in [0.15, 0.2) is 36.5 Å². The standard InChI is InChI=1S/C13H15N3/c14-10-13(12-4-2-1-3-5-12)11-16-8-6-15-7-9-16/h1-5,11,15H,6-9H2/b13-11+. The topological polar surface area (TPSA) is 39.1 Å². The van der Waals surface area contributed by atoms with Crippen molar-refractivity contribution < 1.29 is 0 Å². The molecule has 0 aromatic heterocycles. The maximum Gasteiger partial charge on any atom is 0.101 e. The van der Waals surface area contributed by atoms with Gasteiger partial charge in [0.15, 0.2) is 0 Å². The first-order chi connectivity index (χ1) is 7.90. The molecule has 1 saturated heterocycles. The Morgan fingerprint density at radius 3 is 2.56 bits per heavy atom. The van der Waals surface area contributed by atoms with E-state index in [1.165, 1.54) is 0 Å². The number of nitrogens with zero attached hydrogens (tertiary/aromatic N) is 2. The lowest BCUT2D eigenvalue weighted by Crippen LogP contribution is -2.40. The third-order valence-electron chi connectivity index (χ3n) is 2.67. The van der Waals surface area contributed by atoms with Crippen molar-refractivity contribution in [2.75, 3.05) is 26.2 Å². The molecule has 0 atom stereocenters. The van der Waals surface area contributed by atoms with Crippen LogP contribution in [0.3, 0.4) is 0 Å². The molecular formula is C13H15N3. The molecule has 0 spiro atoms. The highest BCUT2D eigenvalue weighted by Crippen LogP contribution is 2.13. The Morgan fingerprint density at radius 2 is 1.94 bits per heavy atom. The van der Waals surface area contributed by atoms with Crippen LogP contribution in [0, 0.1) is 11.3 Å². The van der Waals surface area contributed by atoms with Crippen molar-refractivity contribution in [1.29, 1.82) is 5.26 Å². The number of allylic oxidation sites excluding steroid dienone is 1. The van der Waals surface area contributed by atoms with Gasteiger partial charge in [0, 0.05) is 32.4 Å². The van der Waals surface area contributed by atoms with Crippen molar-refractivity contribution in [3.8, 4) is 6.07 Å². The van der Waals surface area contributed by atoms with E-state index in [0.717, 1.165) is 37.3 Å². The molecule has 3 heteroatoms. The van der Waals surface area contributed by atoms with Crippen LogP contribution < -0.4 is 5.32 Å². The van der Waals surface area contributed by atoms with Gasteiger partial charge in [0.25, 0.3) is 0 Å². The third-order valence-corrected chi connectivity index (χ3v) is 2.67. The Kier molecular flexibility index (Phi) is 3.58. The summed E-state index contributed by atoms with van der Waals surface area (Å²) in [6.45, 7) is 3.92. The maximum absolute atomic E-state index is 9.15. The fourth-order valence-corrected chi connectivity index (χ4v) is 1.78. The molecule has 1 N–H and O–H groups in total. The van der Waals surface area contributed by atoms with Crippen molar-refractivity contribution >= 4 is 5.57 Å². The first kappa shape index (κ1) is 10.7. The van der Waals surface area contributed by atoms with E-state index in [0.29, 0.717) is 0 Å². The summed E-state index contributed by atoms with van der Waals surface area (Å²) in [7, 11) is 0. The van der Waals surface area contributed by atoms with Gasteiger partial charge in [-0.25, -0.2) is 0 Å². The van der Waals surface area contributed by atoms with Crippen molar-refractivity contribution in [3.05, 3.63) is 42.1 Å². The third kappa shape index (κ3) is 2.62. The molecule has 16 heavy (non-hydrogen) atoms. The summed E-state index contributed by atoms with van der Waals surface area (Å²) in [6, 6.07) is 12.1. The predicted octanol–water partition coefficient (Wildman–Crippen LogP) is 1.46. The second-order valence-electron chi connectivity index (χ2n) is 3.81. The van der Waals surface area contributed by atoms with E-state index in [1.807, 2.05) is 36.5 Å². The van der Waals surface area contributed by atoms with Crippen molar-refractivity contribution in [1.82, 2.24) is 10.2 Å². The van der Waals surface area contributed by atoms with Gasteiger partial charge in [-0.1, -0.05) is 30.3 Å². The minimum Gasteiger partial charge on any atom is -0.374 e. The first-order valence-electron chi connectivity index (χ1n) is 5.52. The van der Waals surface area contributed by atoms with Crippen LogP contribution in [0.25, 0.3) is 5.57 Å². The number of benzene rings is 1. The van der Waals surface area contributed by atoms with E-state index < -0.39 is 0 Å². The number of rotatable bonds is 2. The van der Waals surface area contributed by atoms with Crippen LogP contribution in [0.2, 0.25) is 0 Å². The Bertz CT molecular complexity index is 397. The lowest BCUT2D eigenvalue weighted by atomic mass is 10.1. The second kappa shape index (κ2) is 5.34. The fourth-order valence-electron chi connectivity index (χ4n) is 1.78. The second-order valence-corrected chi connectivity index (χ2v) is 3.81. The van der Waals surface area contributed by atoms with Crippen molar-refractivity contribution in [2.45, 2.75) is 0 Å². The summed E-state index contributed by atoms with van der Waals surface area (Å²) in [6.07, 6.45) is 1.97. The molecule has 82 valence electrons. The van der Waals surface area contributed by atoms with Crippen LogP contribution in [-0.4, -0.2) is 31.1 Å². The highest BCUT2D eigenvalue weighted by Gasteiger charge is 2.07. The van der Waals surface area contributed by atoms with E-state index in [-0.39, 0.29) is 0 Å². The van der Waals surface area contributed by atoms with Gasteiger partial charge in [-0.05, 0) is 5.56 Å². The van der Waals surface area contributed by atoms with Crippen LogP contribution in [0.4, 0.5) is 0 Å². The molecule has 0 saturated carbocycles. The molecule has 1 aromatic carbocycles. The van der Waals surface area contributed by atoms with Gasteiger partial charge in [-0.3, -0.25) is 0 Å². The van der Waals surface area contributed by atoms with Gasteiger partial charge in [0.2, 0.25) is 0 Å². The molecule has 1 aromatic rings. The monoisotopic (exact) mass is 213 g/mol. The molecule has 3 nitrogen and oxygen atoms in total. The molecule has 1 heterocycles. The van der Waals surface area contributed by atoms with Crippen LogP contribution in [0.1, 0.15) is 5.56 Å². The smallest absolute Gasteiger partial charge is 0.101 e. The average molecular weight is 213 g/mol. The fraction of sp³-hybridized carbons (Fsp3) is 0.308. The highest BCUT2D eigenvalue weighted by atomic mass is 15.2. The summed E-state index contributed by atoms with van der Waals surface area (Å²) < 4.78 is 0. The Hall–Kier alpha value is -1.79. The molecule has 0 bridgehead atoms. The van der Waals surface area contributed by atoms with Gasteiger partial charge in [-0.15, -0.1) is 0 Å². The summed E-state index contributed by atoms with van der Waals surface area (Å²) in [4.78, 5) is 2.20. The van der Waals surface area contributed by atoms with E-state index in [2.05, 4.69) is 16.3 Å². The highest BCUT2D eigenvalue weighted by molar-refractivity contribution is 5.76. The number of hydrogen-bond acceptors (Lipinski definition) is 3. The van der Waals surface area contributed by atoms with Gasteiger partial charge in [0.1, 0.15) is 6.07 Å².